The van der Waals surface area contributed by atoms with Gasteiger partial charge >= 0.3 is 11.8 Å². The highest BCUT2D eigenvalue weighted by Crippen LogP contribution is 2.28. The maximum atomic E-state index is 12.0. The Morgan fingerprint density at radius 3 is 2.65 bits per heavy atom. The van der Waals surface area contributed by atoms with Crippen LogP contribution in [-0.4, -0.2) is 16.9 Å². The molecule has 0 saturated carbocycles. The highest BCUT2D eigenvalue weighted by Gasteiger charge is 2.17. The molecule has 1 atom stereocenters. The van der Waals surface area contributed by atoms with Crippen LogP contribution in [0.5, 0.6) is 0 Å². The van der Waals surface area contributed by atoms with E-state index in [-0.39, 0.29) is 6.54 Å². The molecular formula is C19H18N2O4S. The number of amides is 2. The van der Waals surface area contributed by atoms with Crippen molar-refractivity contribution in [2.45, 2.75) is 19.6 Å². The third-order valence-corrected chi connectivity index (χ3v) is 4.92. The van der Waals surface area contributed by atoms with E-state index in [0.29, 0.717) is 16.3 Å². The van der Waals surface area contributed by atoms with E-state index in [1.165, 1.54) is 17.6 Å². The third-order valence-electron chi connectivity index (χ3n) is 3.79. The fourth-order valence-corrected chi connectivity index (χ4v) is 3.31. The van der Waals surface area contributed by atoms with Crippen molar-refractivity contribution >= 4 is 28.8 Å². The van der Waals surface area contributed by atoms with Crippen molar-refractivity contribution in [2.24, 2.45) is 0 Å². The summed E-state index contributed by atoms with van der Waals surface area (Å²) in [7, 11) is 0. The molecule has 7 heteroatoms. The molecule has 3 rings (SSSR count). The second-order valence-electron chi connectivity index (χ2n) is 5.67. The Balaban J connectivity index is 1.55. The van der Waals surface area contributed by atoms with E-state index in [4.69, 9.17) is 4.42 Å². The van der Waals surface area contributed by atoms with Crippen molar-refractivity contribution < 1.29 is 19.1 Å². The quantitative estimate of drug-likeness (QED) is 0.602. The van der Waals surface area contributed by atoms with Crippen molar-refractivity contribution in [2.75, 3.05) is 5.32 Å². The van der Waals surface area contributed by atoms with Crippen LogP contribution < -0.4 is 10.6 Å². The number of thiophene rings is 1. The standard InChI is InChI=1S/C19H18N2O4S/c1-12-5-2-3-6-14(12)21-19(24)18(23)20-11-13-8-9-16(26-13)17(22)15-7-4-10-25-15/h2-10,17,22H,11H2,1H3,(H,20,23)(H,21,24). The number of para-hydroxylation sites is 1. The number of aliphatic hydroxyl groups excluding tert-OH is 1. The van der Waals surface area contributed by atoms with Gasteiger partial charge in [0.1, 0.15) is 11.9 Å². The topological polar surface area (TPSA) is 91.6 Å². The number of carbonyl (C=O) groups excluding carboxylic acids is 2. The molecular weight excluding hydrogens is 352 g/mol. The van der Waals surface area contributed by atoms with E-state index in [9.17, 15) is 14.7 Å². The van der Waals surface area contributed by atoms with Crippen LogP contribution in [-0.2, 0) is 16.1 Å². The van der Waals surface area contributed by atoms with Gasteiger partial charge in [-0.1, -0.05) is 18.2 Å². The molecule has 0 bridgehead atoms. The SMILES string of the molecule is Cc1ccccc1NC(=O)C(=O)NCc1ccc(C(O)c2ccco2)s1. The van der Waals surface area contributed by atoms with Gasteiger partial charge in [-0.3, -0.25) is 9.59 Å². The summed E-state index contributed by atoms with van der Waals surface area (Å²) in [6, 6.07) is 14.2. The van der Waals surface area contributed by atoms with Crippen LogP contribution >= 0.6 is 11.3 Å². The highest BCUT2D eigenvalue weighted by molar-refractivity contribution is 7.12. The summed E-state index contributed by atoms with van der Waals surface area (Å²) in [5, 5.41) is 15.4. The Hall–Kier alpha value is -2.90. The summed E-state index contributed by atoms with van der Waals surface area (Å²) >= 11 is 1.34. The van der Waals surface area contributed by atoms with Crippen molar-refractivity contribution in [1.82, 2.24) is 5.32 Å². The van der Waals surface area contributed by atoms with Crippen molar-refractivity contribution in [3.63, 3.8) is 0 Å². The van der Waals surface area contributed by atoms with Crippen LogP contribution in [0, 0.1) is 6.92 Å². The van der Waals surface area contributed by atoms with Gasteiger partial charge in [0.05, 0.1) is 12.8 Å². The summed E-state index contributed by atoms with van der Waals surface area (Å²) in [6.07, 6.45) is 0.657. The van der Waals surface area contributed by atoms with Crippen LogP contribution in [0.2, 0.25) is 0 Å². The molecule has 26 heavy (non-hydrogen) atoms. The van der Waals surface area contributed by atoms with Gasteiger partial charge in [-0.05, 0) is 42.8 Å². The fraction of sp³-hybridized carbons (Fsp3) is 0.158. The van der Waals surface area contributed by atoms with E-state index in [2.05, 4.69) is 10.6 Å². The fourth-order valence-electron chi connectivity index (χ4n) is 2.36. The number of aliphatic hydroxyl groups is 1. The van der Waals surface area contributed by atoms with Gasteiger partial charge in [-0.2, -0.15) is 0 Å². The average Bonchev–Trinajstić information content (AvgIpc) is 3.33. The van der Waals surface area contributed by atoms with Gasteiger partial charge in [0, 0.05) is 15.4 Å². The molecule has 0 aliphatic carbocycles. The molecule has 1 aromatic carbocycles. The Kier molecular flexibility index (Phi) is 5.50. The summed E-state index contributed by atoms with van der Waals surface area (Å²) in [4.78, 5) is 25.5. The Bertz CT molecular complexity index is 902. The van der Waals surface area contributed by atoms with Crippen LogP contribution in [0.1, 0.15) is 27.2 Å². The van der Waals surface area contributed by atoms with E-state index in [0.717, 1.165) is 10.4 Å². The number of anilines is 1. The van der Waals surface area contributed by atoms with E-state index >= 15 is 0 Å². The number of aryl methyl sites for hydroxylation is 1. The molecule has 0 fully saturated rings. The van der Waals surface area contributed by atoms with E-state index < -0.39 is 17.9 Å². The van der Waals surface area contributed by atoms with Gasteiger partial charge in [0.15, 0.2) is 0 Å². The van der Waals surface area contributed by atoms with Crippen molar-refractivity contribution in [3.05, 3.63) is 75.9 Å². The molecule has 2 aromatic heterocycles. The first-order chi connectivity index (χ1) is 12.5. The van der Waals surface area contributed by atoms with Gasteiger partial charge in [0.25, 0.3) is 0 Å². The summed E-state index contributed by atoms with van der Waals surface area (Å²) in [5.74, 6) is -0.971. The first-order valence-electron chi connectivity index (χ1n) is 7.99. The Morgan fingerprint density at radius 1 is 1.12 bits per heavy atom. The molecule has 0 saturated heterocycles. The molecule has 134 valence electrons. The lowest BCUT2D eigenvalue weighted by Crippen LogP contribution is -2.34. The number of rotatable bonds is 5. The van der Waals surface area contributed by atoms with Gasteiger partial charge < -0.3 is 20.2 Å². The highest BCUT2D eigenvalue weighted by atomic mass is 32.1. The number of hydrogen-bond acceptors (Lipinski definition) is 5. The monoisotopic (exact) mass is 370 g/mol. The molecule has 3 N–H and O–H groups in total. The van der Waals surface area contributed by atoms with Crippen molar-refractivity contribution in [1.29, 1.82) is 0 Å². The Labute approximate surface area is 154 Å². The number of benzene rings is 1. The molecule has 6 nitrogen and oxygen atoms in total. The molecule has 0 spiro atoms. The third kappa shape index (κ3) is 4.19. The lowest BCUT2D eigenvalue weighted by Gasteiger charge is -2.08. The normalized spacial score (nSPS) is 11.8. The number of furan rings is 1. The van der Waals surface area contributed by atoms with E-state index in [1.54, 1.807) is 36.4 Å². The first-order valence-corrected chi connectivity index (χ1v) is 8.81. The minimum absolute atomic E-state index is 0.204. The number of nitrogens with one attached hydrogen (secondary N) is 2. The predicted octanol–water partition coefficient (Wildman–Crippen LogP) is 2.99. The van der Waals surface area contributed by atoms with Gasteiger partial charge in [-0.25, -0.2) is 0 Å². The predicted molar refractivity (Wildman–Crippen MR) is 98.7 cm³/mol. The molecule has 3 aromatic rings. The molecule has 0 aliphatic rings. The van der Waals surface area contributed by atoms with Crippen LogP contribution in [0.15, 0.2) is 59.2 Å². The maximum absolute atomic E-state index is 12.0. The molecule has 0 radical (unpaired) electrons. The van der Waals surface area contributed by atoms with Crippen molar-refractivity contribution in [3.8, 4) is 0 Å². The zero-order valence-corrected chi connectivity index (χ0v) is 14.9. The van der Waals surface area contributed by atoms with Crippen LogP contribution in [0.3, 0.4) is 0 Å². The molecule has 2 amide bonds. The average molecular weight is 370 g/mol. The molecule has 0 aliphatic heterocycles. The molecule has 1 unspecified atom stereocenters. The largest absolute Gasteiger partial charge is 0.466 e. The van der Waals surface area contributed by atoms with Crippen LogP contribution in [0.4, 0.5) is 5.69 Å². The lowest BCUT2D eigenvalue weighted by molar-refractivity contribution is -0.136. The maximum Gasteiger partial charge on any atom is 0.313 e. The van der Waals surface area contributed by atoms with Gasteiger partial charge in [-0.15, -0.1) is 11.3 Å². The summed E-state index contributed by atoms with van der Waals surface area (Å²) in [5.41, 5.74) is 1.48. The van der Waals surface area contributed by atoms with E-state index in [1.807, 2.05) is 19.1 Å². The molecule has 2 heterocycles. The zero-order valence-electron chi connectivity index (χ0n) is 14.1. The minimum Gasteiger partial charge on any atom is -0.466 e. The zero-order chi connectivity index (χ0) is 18.5. The lowest BCUT2D eigenvalue weighted by atomic mass is 10.2. The number of hydrogen-bond donors (Lipinski definition) is 3. The smallest absolute Gasteiger partial charge is 0.313 e. The second-order valence-corrected chi connectivity index (χ2v) is 6.87. The summed E-state index contributed by atoms with van der Waals surface area (Å²) in [6.45, 7) is 2.06. The van der Waals surface area contributed by atoms with Gasteiger partial charge in [0.2, 0.25) is 0 Å². The minimum atomic E-state index is -0.844. The first kappa shape index (κ1) is 17.9. The van der Waals surface area contributed by atoms with Crippen LogP contribution in [0.25, 0.3) is 0 Å². The Morgan fingerprint density at radius 2 is 1.92 bits per heavy atom. The second kappa shape index (κ2) is 7.99. The number of carbonyl (C=O) groups is 2. The summed E-state index contributed by atoms with van der Waals surface area (Å²) < 4.78 is 5.19.